The maximum Gasteiger partial charge on any atom is -0.00952 e. The smallest absolute Gasteiger partial charge is 0.00952 e. The van der Waals surface area contributed by atoms with Crippen LogP contribution < -0.4 is 0 Å². The fourth-order valence-electron chi connectivity index (χ4n) is 2.58. The van der Waals surface area contributed by atoms with Crippen molar-refractivity contribution in [1.29, 1.82) is 0 Å². The fraction of sp³-hybridized carbons (Fsp3) is 1.00. The minimum Gasteiger partial charge on any atom is -0.179 e. The number of hydrogen-bond acceptors (Lipinski definition) is 1. The Labute approximate surface area is 82.5 Å². The highest BCUT2D eigenvalue weighted by Gasteiger charge is 2.26. The number of hydrogen-bond donors (Lipinski definition) is 1. The minimum absolute atomic E-state index is 0.885. The Hall–Kier alpha value is 0.350. The van der Waals surface area contributed by atoms with Crippen molar-refractivity contribution in [2.24, 2.45) is 17.8 Å². The molecular formula is C11H22S. The van der Waals surface area contributed by atoms with Crippen molar-refractivity contribution >= 4 is 12.6 Å². The quantitative estimate of drug-likeness (QED) is 0.635. The monoisotopic (exact) mass is 186 g/mol. The first-order valence-corrected chi connectivity index (χ1v) is 5.98. The van der Waals surface area contributed by atoms with Crippen LogP contribution in [0.25, 0.3) is 0 Å². The summed E-state index contributed by atoms with van der Waals surface area (Å²) in [6.45, 7) is 4.69. The van der Waals surface area contributed by atoms with Crippen LogP contribution in [-0.2, 0) is 0 Å². The van der Waals surface area contributed by atoms with E-state index in [0.29, 0.717) is 0 Å². The van der Waals surface area contributed by atoms with E-state index < -0.39 is 0 Å². The molecule has 0 aromatic carbocycles. The molecule has 0 radical (unpaired) electrons. The molecule has 2 unspecified atom stereocenters. The Morgan fingerprint density at radius 2 is 1.92 bits per heavy atom. The third kappa shape index (κ3) is 3.01. The van der Waals surface area contributed by atoms with Crippen LogP contribution in [0.2, 0.25) is 0 Å². The summed E-state index contributed by atoms with van der Waals surface area (Å²) in [6.07, 6.45) is 7.21. The molecule has 2 atom stereocenters. The molecule has 1 aliphatic rings. The standard InChI is InChI=1S/C11H22S/c1-9(2)8-11-5-3-4-10(11)6-7-12/h9-12H,3-8H2,1-2H3. The van der Waals surface area contributed by atoms with Gasteiger partial charge in [0.25, 0.3) is 0 Å². The van der Waals surface area contributed by atoms with Gasteiger partial charge in [-0.3, -0.25) is 0 Å². The molecule has 1 aliphatic carbocycles. The zero-order valence-corrected chi connectivity index (χ0v) is 9.32. The average Bonchev–Trinajstić information content (AvgIpc) is 2.37. The normalized spacial score (nSPS) is 30.0. The Bertz CT molecular complexity index is 120. The van der Waals surface area contributed by atoms with Gasteiger partial charge in [0, 0.05) is 0 Å². The number of thiol groups is 1. The second-order valence-corrected chi connectivity index (χ2v) is 5.04. The molecule has 0 aromatic heterocycles. The fourth-order valence-corrected chi connectivity index (χ4v) is 2.91. The molecule has 0 nitrogen and oxygen atoms in total. The van der Waals surface area contributed by atoms with Gasteiger partial charge >= 0.3 is 0 Å². The zero-order valence-electron chi connectivity index (χ0n) is 8.42. The first-order valence-electron chi connectivity index (χ1n) is 5.35. The van der Waals surface area contributed by atoms with Crippen LogP contribution in [-0.4, -0.2) is 5.75 Å². The highest BCUT2D eigenvalue weighted by molar-refractivity contribution is 7.80. The first kappa shape index (κ1) is 10.4. The van der Waals surface area contributed by atoms with Gasteiger partial charge < -0.3 is 0 Å². The summed E-state index contributed by atoms with van der Waals surface area (Å²) in [4.78, 5) is 0. The van der Waals surface area contributed by atoms with E-state index in [1.807, 2.05) is 0 Å². The highest BCUT2D eigenvalue weighted by atomic mass is 32.1. The van der Waals surface area contributed by atoms with Gasteiger partial charge in [-0.15, -0.1) is 0 Å². The molecule has 1 rings (SSSR count). The molecule has 1 fully saturated rings. The number of rotatable bonds is 4. The van der Waals surface area contributed by atoms with Crippen LogP contribution in [0.4, 0.5) is 0 Å². The molecule has 0 bridgehead atoms. The van der Waals surface area contributed by atoms with Crippen LogP contribution in [0.3, 0.4) is 0 Å². The van der Waals surface area contributed by atoms with Gasteiger partial charge in [-0.05, 0) is 36.3 Å². The van der Waals surface area contributed by atoms with Crippen molar-refractivity contribution in [3.05, 3.63) is 0 Å². The van der Waals surface area contributed by atoms with Crippen molar-refractivity contribution in [1.82, 2.24) is 0 Å². The molecule has 72 valence electrons. The summed E-state index contributed by atoms with van der Waals surface area (Å²) in [5, 5.41) is 0. The first-order chi connectivity index (χ1) is 5.74. The Morgan fingerprint density at radius 3 is 2.50 bits per heavy atom. The van der Waals surface area contributed by atoms with Crippen molar-refractivity contribution in [2.45, 2.75) is 46.0 Å². The van der Waals surface area contributed by atoms with Crippen molar-refractivity contribution in [2.75, 3.05) is 5.75 Å². The summed E-state index contributed by atoms with van der Waals surface area (Å²) in [6, 6.07) is 0. The Balaban J connectivity index is 2.30. The van der Waals surface area contributed by atoms with Crippen molar-refractivity contribution in [3.8, 4) is 0 Å². The molecule has 0 N–H and O–H groups in total. The van der Waals surface area contributed by atoms with E-state index in [1.165, 1.54) is 32.1 Å². The van der Waals surface area contributed by atoms with E-state index in [9.17, 15) is 0 Å². The van der Waals surface area contributed by atoms with E-state index in [0.717, 1.165) is 23.5 Å². The van der Waals surface area contributed by atoms with Gasteiger partial charge in [0.15, 0.2) is 0 Å². The lowest BCUT2D eigenvalue weighted by Crippen LogP contribution is -2.11. The Kier molecular flexibility index (Phi) is 4.49. The van der Waals surface area contributed by atoms with E-state index >= 15 is 0 Å². The molecule has 0 aromatic rings. The molecule has 1 heteroatoms. The van der Waals surface area contributed by atoms with Crippen molar-refractivity contribution < 1.29 is 0 Å². The second kappa shape index (κ2) is 5.16. The van der Waals surface area contributed by atoms with Crippen LogP contribution in [0.1, 0.15) is 46.0 Å². The molecular weight excluding hydrogens is 164 g/mol. The highest BCUT2D eigenvalue weighted by Crippen LogP contribution is 2.38. The van der Waals surface area contributed by atoms with E-state index in [2.05, 4.69) is 26.5 Å². The van der Waals surface area contributed by atoms with E-state index in [1.54, 1.807) is 0 Å². The van der Waals surface area contributed by atoms with Gasteiger partial charge in [-0.2, -0.15) is 12.6 Å². The zero-order chi connectivity index (χ0) is 8.97. The molecule has 12 heavy (non-hydrogen) atoms. The Morgan fingerprint density at radius 1 is 1.25 bits per heavy atom. The van der Waals surface area contributed by atoms with Crippen LogP contribution in [0.5, 0.6) is 0 Å². The van der Waals surface area contributed by atoms with E-state index in [-0.39, 0.29) is 0 Å². The molecule has 1 saturated carbocycles. The molecule has 0 heterocycles. The summed E-state index contributed by atoms with van der Waals surface area (Å²) in [5.74, 6) is 4.00. The van der Waals surface area contributed by atoms with Crippen LogP contribution in [0.15, 0.2) is 0 Å². The van der Waals surface area contributed by atoms with Gasteiger partial charge in [0.1, 0.15) is 0 Å². The summed E-state index contributed by atoms with van der Waals surface area (Å²) in [5.41, 5.74) is 0. The van der Waals surface area contributed by atoms with E-state index in [4.69, 9.17) is 0 Å². The second-order valence-electron chi connectivity index (χ2n) is 4.59. The molecule has 0 saturated heterocycles. The average molecular weight is 186 g/mol. The largest absolute Gasteiger partial charge is 0.179 e. The predicted molar refractivity (Wildman–Crippen MR) is 58.8 cm³/mol. The summed E-state index contributed by atoms with van der Waals surface area (Å²) in [7, 11) is 0. The molecule has 0 amide bonds. The maximum absolute atomic E-state index is 4.33. The van der Waals surface area contributed by atoms with Crippen molar-refractivity contribution in [3.63, 3.8) is 0 Å². The predicted octanol–water partition coefficient (Wildman–Crippen LogP) is 3.77. The molecule has 0 spiro atoms. The third-order valence-electron chi connectivity index (χ3n) is 3.09. The maximum atomic E-state index is 4.33. The lowest BCUT2D eigenvalue weighted by molar-refractivity contribution is 0.318. The summed E-state index contributed by atoms with van der Waals surface area (Å²) < 4.78 is 0. The van der Waals surface area contributed by atoms with Gasteiger partial charge in [-0.1, -0.05) is 33.1 Å². The minimum atomic E-state index is 0.885. The SMILES string of the molecule is CC(C)CC1CCCC1CCS. The molecule has 0 aliphatic heterocycles. The lowest BCUT2D eigenvalue weighted by Gasteiger charge is -2.20. The van der Waals surface area contributed by atoms with Gasteiger partial charge in [0.05, 0.1) is 0 Å². The summed E-state index contributed by atoms with van der Waals surface area (Å²) >= 11 is 4.33. The van der Waals surface area contributed by atoms with Gasteiger partial charge in [0.2, 0.25) is 0 Å². The van der Waals surface area contributed by atoms with Gasteiger partial charge in [-0.25, -0.2) is 0 Å². The third-order valence-corrected chi connectivity index (χ3v) is 3.35. The lowest BCUT2D eigenvalue weighted by atomic mass is 9.87. The van der Waals surface area contributed by atoms with Crippen LogP contribution >= 0.6 is 12.6 Å². The van der Waals surface area contributed by atoms with Crippen LogP contribution in [0, 0.1) is 17.8 Å². The topological polar surface area (TPSA) is 0 Å².